The highest BCUT2D eigenvalue weighted by Gasteiger charge is 2.50. The number of hydrogen-bond donors (Lipinski definition) is 3. The second kappa shape index (κ2) is 5.57. The van der Waals surface area contributed by atoms with Crippen LogP contribution in [0.5, 0.6) is 0 Å². The summed E-state index contributed by atoms with van der Waals surface area (Å²) in [6, 6.07) is 0. The van der Waals surface area contributed by atoms with Gasteiger partial charge in [0, 0.05) is 12.0 Å². The lowest BCUT2D eigenvalue weighted by Crippen LogP contribution is -2.53. The molecule has 2 unspecified atom stereocenters. The van der Waals surface area contributed by atoms with E-state index >= 15 is 0 Å². The Labute approximate surface area is 110 Å². The van der Waals surface area contributed by atoms with Crippen molar-refractivity contribution in [3.63, 3.8) is 0 Å². The van der Waals surface area contributed by atoms with E-state index in [4.69, 9.17) is 5.73 Å². The van der Waals surface area contributed by atoms with Crippen LogP contribution in [0.1, 0.15) is 53.4 Å². The normalized spacial score (nSPS) is 22.4. The monoisotopic (exact) mass is 256 g/mol. The molecule has 1 fully saturated rings. The third kappa shape index (κ3) is 3.45. The molecule has 1 aliphatic carbocycles. The molecule has 4 nitrogen and oxygen atoms in total. The number of hydrogen-bond acceptors (Lipinski definition) is 3. The standard InChI is InChI=1S/C14H28N2O2/c1-5-6-13(4,15)12(18)16-9-14(7-8-14)11(17)10(2)3/h10-11,17H,5-9,15H2,1-4H3,(H,16,18). The molecule has 4 N–H and O–H groups in total. The Balaban J connectivity index is 2.48. The Hall–Kier alpha value is -0.610. The summed E-state index contributed by atoms with van der Waals surface area (Å²) in [5.41, 5.74) is 5.08. The van der Waals surface area contributed by atoms with Crippen LogP contribution >= 0.6 is 0 Å². The molecule has 0 aromatic heterocycles. The molecule has 4 heteroatoms. The minimum atomic E-state index is -0.798. The van der Waals surface area contributed by atoms with Gasteiger partial charge in [0.25, 0.3) is 0 Å². The van der Waals surface area contributed by atoms with Crippen LogP contribution in [0.3, 0.4) is 0 Å². The number of aliphatic hydroxyl groups is 1. The van der Waals surface area contributed by atoms with Gasteiger partial charge in [-0.15, -0.1) is 0 Å². The lowest BCUT2D eigenvalue weighted by molar-refractivity contribution is -0.126. The van der Waals surface area contributed by atoms with Crippen LogP contribution < -0.4 is 11.1 Å². The van der Waals surface area contributed by atoms with Crippen molar-refractivity contribution in [1.29, 1.82) is 0 Å². The smallest absolute Gasteiger partial charge is 0.239 e. The summed E-state index contributed by atoms with van der Waals surface area (Å²) in [5.74, 6) is 0.121. The van der Waals surface area contributed by atoms with E-state index in [0.717, 1.165) is 19.3 Å². The maximum Gasteiger partial charge on any atom is 0.239 e. The Bertz CT molecular complexity index is 296. The van der Waals surface area contributed by atoms with E-state index in [1.807, 2.05) is 20.8 Å². The zero-order valence-electron chi connectivity index (χ0n) is 12.1. The highest BCUT2D eigenvalue weighted by atomic mass is 16.3. The topological polar surface area (TPSA) is 75.4 Å². The molecule has 1 aliphatic rings. The predicted molar refractivity (Wildman–Crippen MR) is 73.0 cm³/mol. The molecule has 106 valence electrons. The highest BCUT2D eigenvalue weighted by Crippen LogP contribution is 2.50. The van der Waals surface area contributed by atoms with Crippen molar-refractivity contribution in [1.82, 2.24) is 5.32 Å². The van der Waals surface area contributed by atoms with Crippen molar-refractivity contribution in [2.75, 3.05) is 6.54 Å². The van der Waals surface area contributed by atoms with Gasteiger partial charge >= 0.3 is 0 Å². The van der Waals surface area contributed by atoms with Crippen LogP contribution in [-0.2, 0) is 4.79 Å². The molecule has 0 heterocycles. The van der Waals surface area contributed by atoms with Crippen LogP contribution in [-0.4, -0.2) is 29.2 Å². The zero-order valence-corrected chi connectivity index (χ0v) is 12.1. The van der Waals surface area contributed by atoms with Crippen molar-refractivity contribution in [2.24, 2.45) is 17.1 Å². The number of carbonyl (C=O) groups is 1. The van der Waals surface area contributed by atoms with Gasteiger partial charge < -0.3 is 16.2 Å². The average molecular weight is 256 g/mol. The summed E-state index contributed by atoms with van der Waals surface area (Å²) in [6.07, 6.45) is 3.20. The molecule has 1 saturated carbocycles. The first kappa shape index (κ1) is 15.4. The third-order valence-electron chi connectivity index (χ3n) is 4.04. The van der Waals surface area contributed by atoms with Gasteiger partial charge in [0.1, 0.15) is 0 Å². The van der Waals surface area contributed by atoms with Gasteiger partial charge in [-0.2, -0.15) is 0 Å². The summed E-state index contributed by atoms with van der Waals surface area (Å²) in [7, 11) is 0. The van der Waals surface area contributed by atoms with Crippen LogP contribution in [0.15, 0.2) is 0 Å². The van der Waals surface area contributed by atoms with Crippen molar-refractivity contribution >= 4 is 5.91 Å². The summed E-state index contributed by atoms with van der Waals surface area (Å²) in [6.45, 7) is 8.35. The number of amides is 1. The van der Waals surface area contributed by atoms with E-state index < -0.39 is 5.54 Å². The van der Waals surface area contributed by atoms with Gasteiger partial charge in [-0.25, -0.2) is 0 Å². The Kier molecular flexibility index (Phi) is 4.78. The first-order valence-electron chi connectivity index (χ1n) is 7.00. The minimum Gasteiger partial charge on any atom is -0.392 e. The fourth-order valence-electron chi connectivity index (χ4n) is 2.54. The first-order chi connectivity index (χ1) is 8.25. The maximum atomic E-state index is 12.0. The average Bonchev–Trinajstić information content (AvgIpc) is 3.05. The second-order valence-corrected chi connectivity index (χ2v) is 6.40. The fraction of sp³-hybridized carbons (Fsp3) is 0.929. The highest BCUT2D eigenvalue weighted by molar-refractivity contribution is 5.85. The van der Waals surface area contributed by atoms with E-state index in [-0.39, 0.29) is 23.3 Å². The molecule has 0 aromatic carbocycles. The molecule has 2 atom stereocenters. The van der Waals surface area contributed by atoms with Crippen molar-refractivity contribution in [3.05, 3.63) is 0 Å². The van der Waals surface area contributed by atoms with E-state index in [1.165, 1.54) is 0 Å². The first-order valence-corrected chi connectivity index (χ1v) is 7.00. The lowest BCUT2D eigenvalue weighted by atomic mass is 9.89. The molecule has 0 aromatic rings. The Morgan fingerprint density at radius 1 is 1.50 bits per heavy atom. The maximum absolute atomic E-state index is 12.0. The summed E-state index contributed by atoms with van der Waals surface area (Å²) >= 11 is 0. The molecular weight excluding hydrogens is 228 g/mol. The molecule has 18 heavy (non-hydrogen) atoms. The van der Waals surface area contributed by atoms with E-state index in [9.17, 15) is 9.90 Å². The number of aliphatic hydroxyl groups excluding tert-OH is 1. The molecule has 0 radical (unpaired) electrons. The number of carbonyl (C=O) groups excluding carboxylic acids is 1. The Morgan fingerprint density at radius 3 is 2.44 bits per heavy atom. The second-order valence-electron chi connectivity index (χ2n) is 6.40. The summed E-state index contributed by atoms with van der Waals surface area (Å²) in [5, 5.41) is 13.1. The summed E-state index contributed by atoms with van der Waals surface area (Å²) < 4.78 is 0. The third-order valence-corrected chi connectivity index (χ3v) is 4.04. The summed E-state index contributed by atoms with van der Waals surface area (Å²) in [4.78, 5) is 12.0. The SMILES string of the molecule is CCCC(C)(N)C(=O)NCC1(C(O)C(C)C)CC1. The van der Waals surface area contributed by atoms with Gasteiger partial charge in [-0.3, -0.25) is 4.79 Å². The van der Waals surface area contributed by atoms with Crippen LogP contribution in [0.25, 0.3) is 0 Å². The van der Waals surface area contributed by atoms with Crippen LogP contribution in [0, 0.1) is 11.3 Å². The fourth-order valence-corrected chi connectivity index (χ4v) is 2.54. The van der Waals surface area contributed by atoms with Gasteiger partial charge in [-0.05, 0) is 32.1 Å². The number of rotatable bonds is 7. The van der Waals surface area contributed by atoms with Gasteiger partial charge in [0.05, 0.1) is 11.6 Å². The zero-order chi connectivity index (χ0) is 14.0. The van der Waals surface area contributed by atoms with Gasteiger partial charge in [0.15, 0.2) is 0 Å². The molecule has 0 saturated heterocycles. The van der Waals surface area contributed by atoms with Crippen molar-refractivity contribution in [2.45, 2.75) is 65.0 Å². The van der Waals surface area contributed by atoms with Crippen LogP contribution in [0.4, 0.5) is 0 Å². The lowest BCUT2D eigenvalue weighted by Gasteiger charge is -2.28. The molecule has 1 rings (SSSR count). The molecule has 0 spiro atoms. The van der Waals surface area contributed by atoms with E-state index in [0.29, 0.717) is 13.0 Å². The number of nitrogens with one attached hydrogen (secondary N) is 1. The van der Waals surface area contributed by atoms with Crippen molar-refractivity contribution in [3.8, 4) is 0 Å². The molecule has 0 aliphatic heterocycles. The quantitative estimate of drug-likeness (QED) is 0.645. The molecule has 0 bridgehead atoms. The number of nitrogens with two attached hydrogens (primary N) is 1. The minimum absolute atomic E-state index is 0.105. The van der Waals surface area contributed by atoms with Crippen LogP contribution in [0.2, 0.25) is 0 Å². The Morgan fingerprint density at radius 2 is 2.06 bits per heavy atom. The van der Waals surface area contributed by atoms with E-state index in [1.54, 1.807) is 6.92 Å². The largest absolute Gasteiger partial charge is 0.392 e. The molecule has 1 amide bonds. The van der Waals surface area contributed by atoms with Gasteiger partial charge in [-0.1, -0.05) is 27.2 Å². The van der Waals surface area contributed by atoms with Gasteiger partial charge in [0.2, 0.25) is 5.91 Å². The molecular formula is C14H28N2O2. The van der Waals surface area contributed by atoms with Crippen molar-refractivity contribution < 1.29 is 9.90 Å². The van der Waals surface area contributed by atoms with E-state index in [2.05, 4.69) is 5.32 Å². The predicted octanol–water partition coefficient (Wildman–Crippen LogP) is 1.42.